The lowest BCUT2D eigenvalue weighted by molar-refractivity contribution is 0.00214. The Bertz CT molecular complexity index is 340. The average molecular weight is 267 g/mol. The highest BCUT2D eigenvalue weighted by atomic mass is 16.5. The van der Waals surface area contributed by atoms with E-state index in [-0.39, 0.29) is 12.1 Å². The lowest BCUT2D eigenvalue weighted by Crippen LogP contribution is -2.27. The van der Waals surface area contributed by atoms with Crippen molar-refractivity contribution in [2.24, 2.45) is 5.73 Å². The van der Waals surface area contributed by atoms with Crippen LogP contribution < -0.4 is 10.5 Å². The zero-order valence-electron chi connectivity index (χ0n) is 12.1. The summed E-state index contributed by atoms with van der Waals surface area (Å²) in [7, 11) is 1.65. The maximum Gasteiger partial charge on any atom is 0.118 e. The molecule has 0 aliphatic heterocycles. The van der Waals surface area contributed by atoms with E-state index in [1.54, 1.807) is 7.11 Å². The van der Waals surface area contributed by atoms with Crippen LogP contribution in [-0.4, -0.2) is 33.0 Å². The number of benzene rings is 1. The predicted octanol–water partition coefficient (Wildman–Crippen LogP) is 2.53. The second-order valence-electron chi connectivity index (χ2n) is 4.49. The molecule has 4 nitrogen and oxygen atoms in total. The van der Waals surface area contributed by atoms with Crippen molar-refractivity contribution in [3.8, 4) is 5.75 Å². The molecule has 108 valence electrons. The highest BCUT2D eigenvalue weighted by Gasteiger charge is 2.15. The topological polar surface area (TPSA) is 53.7 Å². The first-order chi connectivity index (χ1) is 9.19. The Balaban J connectivity index is 2.36. The van der Waals surface area contributed by atoms with E-state index >= 15 is 0 Å². The lowest BCUT2D eigenvalue weighted by Gasteiger charge is -2.21. The van der Waals surface area contributed by atoms with Crippen molar-refractivity contribution in [1.29, 1.82) is 0 Å². The second kappa shape index (κ2) is 8.91. The second-order valence-corrected chi connectivity index (χ2v) is 4.49. The first-order valence-electron chi connectivity index (χ1n) is 6.78. The quantitative estimate of drug-likeness (QED) is 0.699. The molecule has 0 saturated carbocycles. The summed E-state index contributed by atoms with van der Waals surface area (Å²) in [6, 6.07) is 7.61. The lowest BCUT2D eigenvalue weighted by atomic mass is 10.0. The van der Waals surface area contributed by atoms with Crippen molar-refractivity contribution < 1.29 is 14.2 Å². The maximum atomic E-state index is 6.16. The van der Waals surface area contributed by atoms with Gasteiger partial charge in [-0.3, -0.25) is 0 Å². The highest BCUT2D eigenvalue weighted by molar-refractivity contribution is 5.29. The van der Waals surface area contributed by atoms with Crippen LogP contribution in [0.5, 0.6) is 5.75 Å². The smallest absolute Gasteiger partial charge is 0.118 e. The zero-order valence-corrected chi connectivity index (χ0v) is 12.1. The van der Waals surface area contributed by atoms with Crippen LogP contribution in [0, 0.1) is 0 Å². The molecule has 0 amide bonds. The summed E-state index contributed by atoms with van der Waals surface area (Å²) < 4.78 is 16.2. The highest BCUT2D eigenvalue weighted by Crippen LogP contribution is 2.19. The van der Waals surface area contributed by atoms with E-state index in [9.17, 15) is 0 Å². The van der Waals surface area contributed by atoms with Crippen molar-refractivity contribution in [1.82, 2.24) is 0 Å². The van der Waals surface area contributed by atoms with Gasteiger partial charge in [0.2, 0.25) is 0 Å². The Kier molecular flexibility index (Phi) is 7.48. The Hall–Kier alpha value is -1.10. The van der Waals surface area contributed by atoms with Crippen LogP contribution in [0.2, 0.25) is 0 Å². The third kappa shape index (κ3) is 5.59. The summed E-state index contributed by atoms with van der Waals surface area (Å²) in [5.41, 5.74) is 7.21. The van der Waals surface area contributed by atoms with E-state index in [0.29, 0.717) is 13.2 Å². The summed E-state index contributed by atoms with van der Waals surface area (Å²) >= 11 is 0. The monoisotopic (exact) mass is 267 g/mol. The van der Waals surface area contributed by atoms with E-state index in [1.807, 2.05) is 31.2 Å². The van der Waals surface area contributed by atoms with Gasteiger partial charge in [-0.2, -0.15) is 0 Å². The molecule has 19 heavy (non-hydrogen) atoms. The standard InChI is InChI=1S/C15H25NO3/c1-4-9-18-10-11-19-12(2)15(16)13-5-7-14(17-3)8-6-13/h5-8,12,15H,4,9-11,16H2,1-3H3. The molecular weight excluding hydrogens is 242 g/mol. The Morgan fingerprint density at radius 1 is 1.11 bits per heavy atom. The molecule has 0 spiro atoms. The van der Waals surface area contributed by atoms with Gasteiger partial charge in [0, 0.05) is 6.61 Å². The molecule has 2 unspecified atom stereocenters. The van der Waals surface area contributed by atoms with Gasteiger partial charge in [0.25, 0.3) is 0 Å². The summed E-state index contributed by atoms with van der Waals surface area (Å²) in [6.07, 6.45) is 0.986. The van der Waals surface area contributed by atoms with E-state index in [1.165, 1.54) is 0 Å². The third-order valence-electron chi connectivity index (χ3n) is 2.96. The fourth-order valence-corrected chi connectivity index (χ4v) is 1.74. The Labute approximate surface area is 115 Å². The minimum Gasteiger partial charge on any atom is -0.497 e. The van der Waals surface area contributed by atoms with E-state index in [4.69, 9.17) is 19.9 Å². The largest absolute Gasteiger partial charge is 0.497 e. The van der Waals surface area contributed by atoms with Crippen molar-refractivity contribution >= 4 is 0 Å². The molecule has 0 heterocycles. The van der Waals surface area contributed by atoms with Crippen LogP contribution in [0.15, 0.2) is 24.3 Å². The van der Waals surface area contributed by atoms with Gasteiger partial charge in [-0.15, -0.1) is 0 Å². The Morgan fingerprint density at radius 3 is 2.37 bits per heavy atom. The van der Waals surface area contributed by atoms with Crippen molar-refractivity contribution in [3.63, 3.8) is 0 Å². The SMILES string of the molecule is CCCOCCOC(C)C(N)c1ccc(OC)cc1. The number of methoxy groups -OCH3 is 1. The molecule has 4 heteroatoms. The molecule has 0 bridgehead atoms. The average Bonchev–Trinajstić information content (AvgIpc) is 2.46. The number of rotatable bonds is 9. The summed E-state index contributed by atoms with van der Waals surface area (Å²) in [4.78, 5) is 0. The fourth-order valence-electron chi connectivity index (χ4n) is 1.74. The summed E-state index contributed by atoms with van der Waals surface area (Å²) in [6.45, 7) is 6.04. The molecule has 0 aliphatic carbocycles. The molecule has 0 radical (unpaired) electrons. The minimum absolute atomic E-state index is 0.0429. The van der Waals surface area contributed by atoms with Crippen molar-refractivity contribution in [2.75, 3.05) is 26.9 Å². The van der Waals surface area contributed by atoms with Gasteiger partial charge in [0.15, 0.2) is 0 Å². The van der Waals surface area contributed by atoms with E-state index in [0.717, 1.165) is 24.3 Å². The molecule has 0 saturated heterocycles. The molecular formula is C15H25NO3. The van der Waals surface area contributed by atoms with Crippen LogP contribution >= 0.6 is 0 Å². The van der Waals surface area contributed by atoms with Gasteiger partial charge >= 0.3 is 0 Å². The van der Waals surface area contributed by atoms with E-state index < -0.39 is 0 Å². The van der Waals surface area contributed by atoms with Crippen LogP contribution in [0.4, 0.5) is 0 Å². The fraction of sp³-hybridized carbons (Fsp3) is 0.600. The zero-order chi connectivity index (χ0) is 14.1. The Morgan fingerprint density at radius 2 is 1.79 bits per heavy atom. The minimum atomic E-state index is -0.142. The van der Waals surface area contributed by atoms with Crippen LogP contribution in [0.3, 0.4) is 0 Å². The van der Waals surface area contributed by atoms with E-state index in [2.05, 4.69) is 6.92 Å². The van der Waals surface area contributed by atoms with Gasteiger partial charge in [0.05, 0.1) is 32.5 Å². The number of hydrogen-bond donors (Lipinski definition) is 1. The van der Waals surface area contributed by atoms with Gasteiger partial charge < -0.3 is 19.9 Å². The van der Waals surface area contributed by atoms with Gasteiger partial charge in [0.1, 0.15) is 5.75 Å². The van der Waals surface area contributed by atoms with Crippen LogP contribution in [0.1, 0.15) is 31.9 Å². The summed E-state index contributed by atoms with van der Waals surface area (Å²) in [5.74, 6) is 0.831. The van der Waals surface area contributed by atoms with Gasteiger partial charge in [-0.25, -0.2) is 0 Å². The maximum absolute atomic E-state index is 6.16. The normalized spacial score (nSPS) is 14.1. The van der Waals surface area contributed by atoms with Crippen molar-refractivity contribution in [2.45, 2.75) is 32.4 Å². The molecule has 1 rings (SSSR count). The molecule has 2 N–H and O–H groups in total. The third-order valence-corrected chi connectivity index (χ3v) is 2.96. The first kappa shape index (κ1) is 16.0. The first-order valence-corrected chi connectivity index (χ1v) is 6.78. The number of nitrogens with two attached hydrogens (primary N) is 1. The number of hydrogen-bond acceptors (Lipinski definition) is 4. The van der Waals surface area contributed by atoms with Crippen LogP contribution in [-0.2, 0) is 9.47 Å². The van der Waals surface area contributed by atoms with Gasteiger partial charge in [-0.1, -0.05) is 19.1 Å². The predicted molar refractivity (Wildman–Crippen MR) is 76.4 cm³/mol. The molecule has 0 aliphatic rings. The van der Waals surface area contributed by atoms with Crippen molar-refractivity contribution in [3.05, 3.63) is 29.8 Å². The summed E-state index contributed by atoms with van der Waals surface area (Å²) in [5, 5.41) is 0. The molecule has 0 fully saturated rings. The number of ether oxygens (including phenoxy) is 3. The molecule has 1 aromatic carbocycles. The molecule has 1 aromatic rings. The van der Waals surface area contributed by atoms with Gasteiger partial charge in [-0.05, 0) is 31.0 Å². The molecule has 0 aromatic heterocycles. The molecule has 2 atom stereocenters. The van der Waals surface area contributed by atoms with Crippen LogP contribution in [0.25, 0.3) is 0 Å².